The standard InChI is InChI=1S/C27H19N3O6/c1-36-27(31)26-24-18-11-5-7-13-20(18)28(16-17-9-3-2-4-10-17)22(24)15-23(30(34)35)25(26)19-12-6-8-14-21(19)29(32)33/h2-15H,16H2,1H3. The van der Waals surface area contributed by atoms with Crippen LogP contribution in [0.2, 0.25) is 0 Å². The number of benzene rings is 4. The number of nitrogens with zero attached hydrogens (tertiary/aromatic N) is 3. The van der Waals surface area contributed by atoms with Crippen molar-refractivity contribution in [3.8, 4) is 11.1 Å². The van der Waals surface area contributed by atoms with Crippen LogP contribution >= 0.6 is 0 Å². The van der Waals surface area contributed by atoms with Crippen molar-refractivity contribution in [3.63, 3.8) is 0 Å². The lowest BCUT2D eigenvalue weighted by molar-refractivity contribution is -0.386. The number of fused-ring (bicyclic) bond motifs is 3. The highest BCUT2D eigenvalue weighted by molar-refractivity contribution is 6.22. The lowest BCUT2D eigenvalue weighted by Gasteiger charge is -2.13. The number of nitro benzene ring substituents is 2. The van der Waals surface area contributed by atoms with E-state index < -0.39 is 21.5 Å². The van der Waals surface area contributed by atoms with Crippen LogP contribution in [-0.4, -0.2) is 27.5 Å². The molecule has 178 valence electrons. The van der Waals surface area contributed by atoms with E-state index in [4.69, 9.17) is 4.74 Å². The molecular weight excluding hydrogens is 462 g/mol. The van der Waals surface area contributed by atoms with Crippen molar-refractivity contribution >= 4 is 39.1 Å². The van der Waals surface area contributed by atoms with Gasteiger partial charge in [-0.2, -0.15) is 0 Å². The number of para-hydroxylation sites is 2. The van der Waals surface area contributed by atoms with Crippen LogP contribution in [0.3, 0.4) is 0 Å². The van der Waals surface area contributed by atoms with Gasteiger partial charge in [-0.15, -0.1) is 0 Å². The quantitative estimate of drug-likeness (QED) is 0.164. The maximum Gasteiger partial charge on any atom is 0.339 e. The Balaban J connectivity index is 1.99. The van der Waals surface area contributed by atoms with E-state index in [1.54, 1.807) is 0 Å². The third-order valence-corrected chi connectivity index (χ3v) is 6.18. The number of ether oxygens (including phenoxy) is 1. The first-order valence-corrected chi connectivity index (χ1v) is 11.0. The predicted molar refractivity (Wildman–Crippen MR) is 135 cm³/mol. The van der Waals surface area contributed by atoms with Crippen molar-refractivity contribution < 1.29 is 19.4 Å². The smallest absolute Gasteiger partial charge is 0.339 e. The highest BCUT2D eigenvalue weighted by atomic mass is 16.6. The van der Waals surface area contributed by atoms with E-state index in [2.05, 4.69) is 0 Å². The molecule has 0 amide bonds. The molecule has 1 aromatic heterocycles. The molecule has 5 rings (SSSR count). The lowest BCUT2D eigenvalue weighted by atomic mass is 9.92. The Labute approximate surface area is 204 Å². The van der Waals surface area contributed by atoms with Gasteiger partial charge in [0, 0.05) is 35.0 Å². The Kier molecular flexibility index (Phi) is 5.65. The molecular formula is C27H19N3O6. The second-order valence-electron chi connectivity index (χ2n) is 8.15. The number of hydrogen-bond donors (Lipinski definition) is 0. The van der Waals surface area contributed by atoms with E-state index >= 15 is 0 Å². The lowest BCUT2D eigenvalue weighted by Crippen LogP contribution is -2.09. The number of hydrogen-bond acceptors (Lipinski definition) is 6. The number of aromatic nitrogens is 1. The molecule has 0 saturated heterocycles. The fourth-order valence-electron chi connectivity index (χ4n) is 4.69. The Morgan fingerprint density at radius 2 is 1.47 bits per heavy atom. The molecule has 0 fully saturated rings. The molecule has 5 aromatic rings. The summed E-state index contributed by atoms with van der Waals surface area (Å²) in [6.45, 7) is 0.396. The van der Waals surface area contributed by atoms with Crippen LogP contribution in [0.1, 0.15) is 15.9 Å². The average molecular weight is 481 g/mol. The average Bonchev–Trinajstić information content (AvgIpc) is 3.20. The molecule has 0 spiro atoms. The highest BCUT2D eigenvalue weighted by Crippen LogP contribution is 2.45. The van der Waals surface area contributed by atoms with Gasteiger partial charge in [0.15, 0.2) is 0 Å². The fourth-order valence-corrected chi connectivity index (χ4v) is 4.69. The van der Waals surface area contributed by atoms with E-state index in [-0.39, 0.29) is 22.4 Å². The summed E-state index contributed by atoms with van der Waals surface area (Å²) < 4.78 is 6.98. The normalized spacial score (nSPS) is 11.0. The zero-order valence-electron chi connectivity index (χ0n) is 19.1. The van der Waals surface area contributed by atoms with E-state index in [1.165, 1.54) is 37.4 Å². The maximum absolute atomic E-state index is 13.3. The zero-order chi connectivity index (χ0) is 25.4. The molecule has 0 atom stereocenters. The molecule has 0 aliphatic rings. The van der Waals surface area contributed by atoms with Gasteiger partial charge in [0.1, 0.15) is 0 Å². The molecule has 36 heavy (non-hydrogen) atoms. The Hall–Kier alpha value is -5.05. The van der Waals surface area contributed by atoms with E-state index in [0.717, 1.165) is 11.1 Å². The summed E-state index contributed by atoms with van der Waals surface area (Å²) in [4.78, 5) is 36.2. The van der Waals surface area contributed by atoms with Gasteiger partial charge in [-0.3, -0.25) is 20.2 Å². The first-order valence-electron chi connectivity index (χ1n) is 11.0. The van der Waals surface area contributed by atoms with Crippen molar-refractivity contribution in [2.75, 3.05) is 7.11 Å². The first kappa shape index (κ1) is 22.7. The van der Waals surface area contributed by atoms with Gasteiger partial charge >= 0.3 is 5.97 Å². The van der Waals surface area contributed by atoms with Crippen LogP contribution in [0, 0.1) is 20.2 Å². The number of carbonyl (C=O) groups excluding carboxylic acids is 1. The fraction of sp³-hybridized carbons (Fsp3) is 0.0741. The topological polar surface area (TPSA) is 118 Å². The molecule has 9 heteroatoms. The summed E-state index contributed by atoms with van der Waals surface area (Å²) in [6.07, 6.45) is 0. The van der Waals surface area contributed by atoms with Gasteiger partial charge < -0.3 is 9.30 Å². The van der Waals surface area contributed by atoms with Crippen molar-refractivity contribution in [2.45, 2.75) is 6.54 Å². The summed E-state index contributed by atoms with van der Waals surface area (Å²) in [7, 11) is 1.18. The molecule has 0 bridgehead atoms. The summed E-state index contributed by atoms with van der Waals surface area (Å²) >= 11 is 0. The van der Waals surface area contributed by atoms with Gasteiger partial charge in [-0.05, 0) is 17.7 Å². The minimum Gasteiger partial charge on any atom is -0.465 e. The predicted octanol–water partition coefficient (Wildman–Crippen LogP) is 6.11. The molecule has 0 unspecified atom stereocenters. The van der Waals surface area contributed by atoms with Gasteiger partial charge in [0.25, 0.3) is 11.4 Å². The number of methoxy groups -OCH3 is 1. The zero-order valence-corrected chi connectivity index (χ0v) is 19.1. The van der Waals surface area contributed by atoms with Crippen LogP contribution in [0.5, 0.6) is 0 Å². The SMILES string of the molecule is COC(=O)c1c(-c2ccccc2[N+](=O)[O-])c([N+](=O)[O-])cc2c1c1ccccc1n2Cc1ccccc1. The monoisotopic (exact) mass is 481 g/mol. The Bertz CT molecular complexity index is 1670. The van der Waals surface area contributed by atoms with Gasteiger partial charge in [0.2, 0.25) is 0 Å². The molecule has 0 radical (unpaired) electrons. The third kappa shape index (κ3) is 3.63. The van der Waals surface area contributed by atoms with Gasteiger partial charge in [-0.25, -0.2) is 4.79 Å². The van der Waals surface area contributed by atoms with E-state index in [1.807, 2.05) is 59.2 Å². The number of nitro groups is 2. The first-order chi connectivity index (χ1) is 17.4. The van der Waals surface area contributed by atoms with Crippen molar-refractivity contribution in [1.29, 1.82) is 0 Å². The third-order valence-electron chi connectivity index (χ3n) is 6.18. The minimum absolute atomic E-state index is 0.0311. The van der Waals surface area contributed by atoms with Crippen molar-refractivity contribution in [1.82, 2.24) is 4.57 Å². The van der Waals surface area contributed by atoms with E-state index in [0.29, 0.717) is 22.8 Å². The Morgan fingerprint density at radius 1 is 0.833 bits per heavy atom. The summed E-state index contributed by atoms with van der Waals surface area (Å²) in [5, 5.41) is 25.3. The molecule has 0 aliphatic carbocycles. The summed E-state index contributed by atoms with van der Waals surface area (Å²) in [6, 6.07) is 24.0. The molecule has 0 N–H and O–H groups in total. The minimum atomic E-state index is -0.820. The highest BCUT2D eigenvalue weighted by Gasteiger charge is 2.33. The number of rotatable bonds is 6. The van der Waals surface area contributed by atoms with Gasteiger partial charge in [0.05, 0.1) is 39.2 Å². The van der Waals surface area contributed by atoms with Crippen molar-refractivity contribution in [2.24, 2.45) is 0 Å². The molecule has 4 aromatic carbocycles. The molecule has 0 saturated carbocycles. The largest absolute Gasteiger partial charge is 0.465 e. The molecule has 0 aliphatic heterocycles. The second kappa shape index (κ2) is 8.95. The molecule has 9 nitrogen and oxygen atoms in total. The summed E-state index contributed by atoms with van der Waals surface area (Å²) in [5.41, 5.74) is 1.15. The number of esters is 1. The van der Waals surface area contributed by atoms with Gasteiger partial charge in [-0.1, -0.05) is 60.7 Å². The summed E-state index contributed by atoms with van der Waals surface area (Å²) in [5.74, 6) is -0.820. The molecule has 1 heterocycles. The number of carbonyl (C=O) groups is 1. The van der Waals surface area contributed by atoms with Crippen LogP contribution in [-0.2, 0) is 11.3 Å². The van der Waals surface area contributed by atoms with Crippen LogP contribution < -0.4 is 0 Å². The second-order valence-corrected chi connectivity index (χ2v) is 8.15. The van der Waals surface area contributed by atoms with E-state index in [9.17, 15) is 25.0 Å². The van der Waals surface area contributed by atoms with Crippen LogP contribution in [0.25, 0.3) is 32.9 Å². The Morgan fingerprint density at radius 3 is 2.17 bits per heavy atom. The van der Waals surface area contributed by atoms with Crippen LogP contribution in [0.15, 0.2) is 84.9 Å². The van der Waals surface area contributed by atoms with Crippen LogP contribution in [0.4, 0.5) is 11.4 Å². The maximum atomic E-state index is 13.3. The van der Waals surface area contributed by atoms with Crippen molar-refractivity contribution in [3.05, 3.63) is 116 Å².